The molecule has 0 aromatic rings. The van der Waals surface area contributed by atoms with Gasteiger partial charge in [0.25, 0.3) is 5.92 Å². The molecule has 0 aliphatic carbocycles. The molecule has 0 aromatic carbocycles. The third kappa shape index (κ3) is 2.04. The molecule has 2 unspecified atom stereocenters. The molecule has 0 spiro atoms. The minimum Gasteiger partial charge on any atom is -0.380 e. The average Bonchev–Trinajstić information content (AvgIpc) is 2.47. The molecular formula is C9H16F2N2O. The van der Waals surface area contributed by atoms with E-state index in [-0.39, 0.29) is 25.0 Å². The van der Waals surface area contributed by atoms with Crippen LogP contribution < -0.4 is 5.73 Å². The van der Waals surface area contributed by atoms with Gasteiger partial charge in [-0.3, -0.25) is 4.90 Å². The summed E-state index contributed by atoms with van der Waals surface area (Å²) in [6.07, 6.45) is 0.725. The van der Waals surface area contributed by atoms with Crippen molar-refractivity contribution in [3.8, 4) is 0 Å². The van der Waals surface area contributed by atoms with E-state index in [1.807, 2.05) is 0 Å². The molecule has 14 heavy (non-hydrogen) atoms. The van der Waals surface area contributed by atoms with Gasteiger partial charge in [-0.15, -0.1) is 0 Å². The summed E-state index contributed by atoms with van der Waals surface area (Å²) < 4.78 is 31.2. The van der Waals surface area contributed by atoms with Gasteiger partial charge in [0.1, 0.15) is 0 Å². The second-order valence-corrected chi connectivity index (χ2v) is 4.17. The Morgan fingerprint density at radius 3 is 2.79 bits per heavy atom. The Bertz CT molecular complexity index is 213. The van der Waals surface area contributed by atoms with E-state index in [9.17, 15) is 8.78 Å². The SMILES string of the molecule is NC1CCOCC1N1CCC(F)(F)C1. The van der Waals surface area contributed by atoms with Crippen LogP contribution in [0.1, 0.15) is 12.8 Å². The molecule has 2 aliphatic heterocycles. The van der Waals surface area contributed by atoms with Crippen LogP contribution in [0.15, 0.2) is 0 Å². The Hall–Kier alpha value is -0.260. The number of ether oxygens (including phenoxy) is 1. The number of nitrogens with two attached hydrogens (primary N) is 1. The van der Waals surface area contributed by atoms with Crippen LogP contribution in [0.2, 0.25) is 0 Å². The second-order valence-electron chi connectivity index (χ2n) is 4.17. The molecule has 0 radical (unpaired) electrons. The zero-order chi connectivity index (χ0) is 10.2. The molecule has 0 bridgehead atoms. The van der Waals surface area contributed by atoms with Crippen LogP contribution in [0.5, 0.6) is 0 Å². The zero-order valence-corrected chi connectivity index (χ0v) is 8.09. The summed E-state index contributed by atoms with van der Waals surface area (Å²) in [5.41, 5.74) is 5.88. The molecule has 82 valence electrons. The van der Waals surface area contributed by atoms with Gasteiger partial charge in [-0.2, -0.15) is 0 Å². The Balaban J connectivity index is 1.95. The molecular weight excluding hydrogens is 190 g/mol. The first-order valence-corrected chi connectivity index (χ1v) is 5.04. The number of likely N-dealkylation sites (tertiary alicyclic amines) is 1. The highest BCUT2D eigenvalue weighted by Crippen LogP contribution is 2.29. The van der Waals surface area contributed by atoms with Crippen molar-refractivity contribution in [2.75, 3.05) is 26.3 Å². The maximum Gasteiger partial charge on any atom is 0.261 e. The van der Waals surface area contributed by atoms with Gasteiger partial charge in [0.2, 0.25) is 0 Å². The van der Waals surface area contributed by atoms with Gasteiger partial charge in [-0.25, -0.2) is 8.78 Å². The summed E-state index contributed by atoms with van der Waals surface area (Å²) in [6.45, 7) is 1.43. The number of halogens is 2. The smallest absolute Gasteiger partial charge is 0.261 e. The lowest BCUT2D eigenvalue weighted by Gasteiger charge is -2.35. The molecule has 5 heteroatoms. The van der Waals surface area contributed by atoms with Gasteiger partial charge in [0, 0.05) is 31.7 Å². The van der Waals surface area contributed by atoms with Crippen molar-refractivity contribution in [1.29, 1.82) is 0 Å². The fraction of sp³-hybridized carbons (Fsp3) is 1.00. The van der Waals surface area contributed by atoms with Crippen LogP contribution in [-0.2, 0) is 4.74 Å². The molecule has 0 saturated carbocycles. The lowest BCUT2D eigenvalue weighted by Crippen LogP contribution is -2.53. The number of hydrogen-bond donors (Lipinski definition) is 1. The van der Waals surface area contributed by atoms with Crippen LogP contribution in [0.3, 0.4) is 0 Å². The highest BCUT2D eigenvalue weighted by Gasteiger charge is 2.42. The van der Waals surface area contributed by atoms with E-state index in [2.05, 4.69) is 0 Å². The van der Waals surface area contributed by atoms with Crippen molar-refractivity contribution >= 4 is 0 Å². The predicted molar refractivity (Wildman–Crippen MR) is 48.3 cm³/mol. The van der Waals surface area contributed by atoms with Gasteiger partial charge in [-0.05, 0) is 6.42 Å². The molecule has 2 fully saturated rings. The molecule has 2 rings (SSSR count). The molecule has 2 atom stereocenters. The Morgan fingerprint density at radius 1 is 1.43 bits per heavy atom. The van der Waals surface area contributed by atoms with E-state index in [1.165, 1.54) is 0 Å². The van der Waals surface area contributed by atoms with Gasteiger partial charge >= 0.3 is 0 Å². The first-order valence-electron chi connectivity index (χ1n) is 5.04. The molecule has 2 aliphatic rings. The zero-order valence-electron chi connectivity index (χ0n) is 8.09. The summed E-state index contributed by atoms with van der Waals surface area (Å²) in [7, 11) is 0. The third-order valence-corrected chi connectivity index (χ3v) is 3.05. The monoisotopic (exact) mass is 206 g/mol. The standard InChI is InChI=1S/C9H16F2N2O/c10-9(11)2-3-13(6-9)8-5-14-4-1-7(8)12/h7-8H,1-6,12H2. The Labute approximate surface area is 82.2 Å². The summed E-state index contributed by atoms with van der Waals surface area (Å²) in [4.78, 5) is 1.77. The summed E-state index contributed by atoms with van der Waals surface area (Å²) in [6, 6.07) is -0.0326. The van der Waals surface area contributed by atoms with Crippen molar-refractivity contribution in [2.24, 2.45) is 5.73 Å². The van der Waals surface area contributed by atoms with Gasteiger partial charge in [0.15, 0.2) is 0 Å². The van der Waals surface area contributed by atoms with E-state index in [0.29, 0.717) is 19.8 Å². The number of alkyl halides is 2. The maximum absolute atomic E-state index is 13.0. The van der Waals surface area contributed by atoms with E-state index in [4.69, 9.17) is 10.5 Å². The van der Waals surface area contributed by atoms with Crippen molar-refractivity contribution < 1.29 is 13.5 Å². The number of nitrogens with zero attached hydrogens (tertiary/aromatic N) is 1. The fourth-order valence-corrected chi connectivity index (χ4v) is 2.16. The molecule has 0 aromatic heterocycles. The van der Waals surface area contributed by atoms with Crippen LogP contribution in [0, 0.1) is 0 Å². The lowest BCUT2D eigenvalue weighted by molar-refractivity contribution is -0.0189. The minimum atomic E-state index is -2.53. The van der Waals surface area contributed by atoms with E-state index < -0.39 is 5.92 Å². The molecule has 2 N–H and O–H groups in total. The second kappa shape index (κ2) is 3.72. The Kier molecular flexibility index (Phi) is 2.72. The average molecular weight is 206 g/mol. The van der Waals surface area contributed by atoms with Crippen molar-refractivity contribution in [1.82, 2.24) is 4.90 Å². The molecule has 2 saturated heterocycles. The number of rotatable bonds is 1. The van der Waals surface area contributed by atoms with Crippen molar-refractivity contribution in [3.05, 3.63) is 0 Å². The third-order valence-electron chi connectivity index (χ3n) is 3.05. The normalized spacial score (nSPS) is 38.8. The van der Waals surface area contributed by atoms with Gasteiger partial charge in [0.05, 0.1) is 13.2 Å². The quantitative estimate of drug-likeness (QED) is 0.676. The first-order chi connectivity index (χ1) is 6.58. The molecule has 2 heterocycles. The topological polar surface area (TPSA) is 38.5 Å². The predicted octanol–water partition coefficient (Wildman–Crippen LogP) is 0.444. The van der Waals surface area contributed by atoms with Crippen LogP contribution in [-0.4, -0.2) is 49.2 Å². The van der Waals surface area contributed by atoms with Gasteiger partial charge < -0.3 is 10.5 Å². The minimum absolute atomic E-state index is 0.0161. The summed E-state index contributed by atoms with van der Waals surface area (Å²) in [5.74, 6) is -2.53. The number of hydrogen-bond acceptors (Lipinski definition) is 3. The summed E-state index contributed by atoms with van der Waals surface area (Å²) >= 11 is 0. The molecule has 0 amide bonds. The van der Waals surface area contributed by atoms with E-state index >= 15 is 0 Å². The Morgan fingerprint density at radius 2 is 2.21 bits per heavy atom. The van der Waals surface area contributed by atoms with Gasteiger partial charge in [-0.1, -0.05) is 0 Å². The summed E-state index contributed by atoms with van der Waals surface area (Å²) in [5, 5.41) is 0. The van der Waals surface area contributed by atoms with Crippen LogP contribution >= 0.6 is 0 Å². The van der Waals surface area contributed by atoms with E-state index in [1.54, 1.807) is 4.90 Å². The fourth-order valence-electron chi connectivity index (χ4n) is 2.16. The van der Waals surface area contributed by atoms with E-state index in [0.717, 1.165) is 6.42 Å². The lowest BCUT2D eigenvalue weighted by atomic mass is 10.0. The highest BCUT2D eigenvalue weighted by atomic mass is 19.3. The molecule has 3 nitrogen and oxygen atoms in total. The van der Waals surface area contributed by atoms with Crippen molar-refractivity contribution in [2.45, 2.75) is 30.8 Å². The highest BCUT2D eigenvalue weighted by molar-refractivity contribution is 4.91. The van der Waals surface area contributed by atoms with Crippen LogP contribution in [0.25, 0.3) is 0 Å². The van der Waals surface area contributed by atoms with Crippen LogP contribution in [0.4, 0.5) is 8.78 Å². The maximum atomic E-state index is 13.0. The van der Waals surface area contributed by atoms with Crippen molar-refractivity contribution in [3.63, 3.8) is 0 Å². The first kappa shape index (κ1) is 10.3. The largest absolute Gasteiger partial charge is 0.380 e.